The summed E-state index contributed by atoms with van der Waals surface area (Å²) < 4.78 is 5.29. The van der Waals surface area contributed by atoms with Gasteiger partial charge in [-0.3, -0.25) is 19.4 Å². The van der Waals surface area contributed by atoms with E-state index in [0.717, 1.165) is 18.4 Å². The molecule has 3 rings (SSSR count). The van der Waals surface area contributed by atoms with Crippen molar-refractivity contribution in [1.82, 2.24) is 9.88 Å². The van der Waals surface area contributed by atoms with Crippen LogP contribution in [0.1, 0.15) is 41.7 Å². The third-order valence-electron chi connectivity index (χ3n) is 5.03. The summed E-state index contributed by atoms with van der Waals surface area (Å²) in [7, 11) is 1.59. The second kappa shape index (κ2) is 8.72. The molecule has 1 aromatic carbocycles. The fourth-order valence-corrected chi connectivity index (χ4v) is 3.53. The maximum atomic E-state index is 13.0. The van der Waals surface area contributed by atoms with Gasteiger partial charge in [-0.2, -0.15) is 0 Å². The third-order valence-corrected chi connectivity index (χ3v) is 5.03. The molecule has 1 aliphatic heterocycles. The number of anilines is 1. The summed E-state index contributed by atoms with van der Waals surface area (Å²) >= 11 is 0. The second-order valence-electron chi connectivity index (χ2n) is 7.21. The van der Waals surface area contributed by atoms with Crippen LogP contribution in [0.5, 0.6) is 5.75 Å². The lowest BCUT2D eigenvalue weighted by Crippen LogP contribution is -2.46. The number of nitrogens with two attached hydrogens (primary N) is 1. The molecule has 3 N–H and O–H groups in total. The number of nitrogens with one attached hydrogen (secondary N) is 1. The number of methoxy groups -OCH3 is 1. The van der Waals surface area contributed by atoms with E-state index in [9.17, 15) is 14.4 Å². The van der Waals surface area contributed by atoms with Crippen molar-refractivity contribution in [1.29, 1.82) is 0 Å². The Morgan fingerprint density at radius 2 is 2.00 bits per heavy atom. The Morgan fingerprint density at radius 3 is 2.72 bits per heavy atom. The Bertz CT molecular complexity index is 930. The van der Waals surface area contributed by atoms with Crippen LogP contribution in [0.25, 0.3) is 0 Å². The van der Waals surface area contributed by atoms with E-state index in [-0.39, 0.29) is 23.2 Å². The molecule has 1 aliphatic rings. The van der Waals surface area contributed by atoms with Gasteiger partial charge in [0.1, 0.15) is 5.75 Å². The predicted molar refractivity (Wildman–Crippen MR) is 107 cm³/mol. The number of aromatic nitrogens is 1. The predicted octanol–water partition coefficient (Wildman–Crippen LogP) is 2.13. The van der Waals surface area contributed by atoms with E-state index < -0.39 is 17.7 Å². The summed E-state index contributed by atoms with van der Waals surface area (Å²) in [5.41, 5.74) is 6.55. The number of hydrogen-bond donors (Lipinski definition) is 2. The molecule has 29 heavy (non-hydrogen) atoms. The van der Waals surface area contributed by atoms with Gasteiger partial charge in [0.05, 0.1) is 30.6 Å². The number of piperidine rings is 1. The second-order valence-corrected chi connectivity index (χ2v) is 7.21. The van der Waals surface area contributed by atoms with Gasteiger partial charge < -0.3 is 20.7 Å². The molecular formula is C21H24N4O4. The first-order valence-corrected chi connectivity index (χ1v) is 9.39. The first-order chi connectivity index (χ1) is 13.9. The number of rotatable bonds is 4. The first-order valence-electron chi connectivity index (χ1n) is 9.39. The van der Waals surface area contributed by atoms with Crippen LogP contribution in [0.2, 0.25) is 0 Å². The number of benzene rings is 1. The summed E-state index contributed by atoms with van der Waals surface area (Å²) in [5.74, 6) is -1.09. The molecule has 0 saturated carbocycles. The number of primary amides is 1. The Labute approximate surface area is 169 Å². The van der Waals surface area contributed by atoms with Gasteiger partial charge in [-0.25, -0.2) is 0 Å². The van der Waals surface area contributed by atoms with E-state index in [4.69, 9.17) is 10.5 Å². The lowest BCUT2D eigenvalue weighted by molar-refractivity contribution is -0.146. The van der Waals surface area contributed by atoms with E-state index >= 15 is 0 Å². The number of amides is 3. The van der Waals surface area contributed by atoms with Crippen molar-refractivity contribution in [2.75, 3.05) is 19.0 Å². The minimum atomic E-state index is -0.782. The molecular weight excluding hydrogens is 372 g/mol. The Balaban J connectivity index is 1.81. The quantitative estimate of drug-likeness (QED) is 0.769. The highest BCUT2D eigenvalue weighted by atomic mass is 16.5. The fourth-order valence-electron chi connectivity index (χ4n) is 3.53. The number of pyridine rings is 1. The van der Waals surface area contributed by atoms with E-state index in [2.05, 4.69) is 17.2 Å². The average Bonchev–Trinajstić information content (AvgIpc) is 2.73. The highest BCUT2D eigenvalue weighted by molar-refractivity contribution is 6.39. The highest BCUT2D eigenvalue weighted by Gasteiger charge is 2.34. The molecule has 0 spiro atoms. The number of hydrogen-bond acceptors (Lipinski definition) is 5. The largest absolute Gasteiger partial charge is 0.497 e. The number of nitrogens with zero attached hydrogens (tertiary/aromatic N) is 2. The molecule has 1 aromatic heterocycles. The lowest BCUT2D eigenvalue weighted by Gasteiger charge is -2.38. The number of ether oxygens (including phenoxy) is 1. The molecule has 3 amide bonds. The van der Waals surface area contributed by atoms with Gasteiger partial charge >= 0.3 is 11.8 Å². The molecule has 2 heterocycles. The monoisotopic (exact) mass is 396 g/mol. The van der Waals surface area contributed by atoms with Gasteiger partial charge in [0.2, 0.25) is 5.91 Å². The van der Waals surface area contributed by atoms with Crippen LogP contribution in [-0.2, 0) is 9.59 Å². The SMILES string of the molecule is COc1cccc([C@H]2CC[C@H](C)CN2C(=O)C(=O)Nc2cncc(C(N)=O)c2)c1. The molecule has 0 unspecified atom stereocenters. The standard InChI is InChI=1S/C21H24N4O4/c1-13-6-7-18(14-4-3-5-17(9-14)29-2)25(12-13)21(28)20(27)24-16-8-15(19(22)26)10-23-11-16/h3-5,8-11,13,18H,6-7,12H2,1-2H3,(H2,22,26)(H,24,27)/t13-,18+/m0/s1. The van der Waals surface area contributed by atoms with E-state index in [0.29, 0.717) is 12.3 Å². The van der Waals surface area contributed by atoms with Crippen molar-refractivity contribution < 1.29 is 19.1 Å². The van der Waals surface area contributed by atoms with Gasteiger partial charge in [-0.05, 0) is 42.5 Å². The topological polar surface area (TPSA) is 115 Å². The summed E-state index contributed by atoms with van der Waals surface area (Å²) in [4.78, 5) is 42.4. The molecule has 152 valence electrons. The maximum Gasteiger partial charge on any atom is 0.313 e. The molecule has 1 saturated heterocycles. The van der Waals surface area contributed by atoms with Gasteiger partial charge in [0.15, 0.2) is 0 Å². The van der Waals surface area contributed by atoms with Crippen LogP contribution in [0.3, 0.4) is 0 Å². The van der Waals surface area contributed by atoms with Crippen LogP contribution in [0.15, 0.2) is 42.7 Å². The Hall–Kier alpha value is -3.42. The first kappa shape index (κ1) is 20.3. The smallest absolute Gasteiger partial charge is 0.313 e. The normalized spacial score (nSPS) is 18.8. The van der Waals surface area contributed by atoms with Crippen molar-refractivity contribution in [3.8, 4) is 5.75 Å². The van der Waals surface area contributed by atoms with Crippen molar-refractivity contribution in [3.05, 3.63) is 53.9 Å². The van der Waals surface area contributed by atoms with Gasteiger partial charge in [0.25, 0.3) is 0 Å². The molecule has 0 radical (unpaired) electrons. The highest BCUT2D eigenvalue weighted by Crippen LogP contribution is 2.34. The Morgan fingerprint density at radius 1 is 1.21 bits per heavy atom. The fraction of sp³-hybridized carbons (Fsp3) is 0.333. The molecule has 1 fully saturated rings. The van der Waals surface area contributed by atoms with Gasteiger partial charge in [-0.15, -0.1) is 0 Å². The number of likely N-dealkylation sites (tertiary alicyclic amines) is 1. The maximum absolute atomic E-state index is 13.0. The zero-order valence-corrected chi connectivity index (χ0v) is 16.4. The lowest BCUT2D eigenvalue weighted by atomic mass is 9.89. The van der Waals surface area contributed by atoms with Crippen molar-refractivity contribution >= 4 is 23.4 Å². The van der Waals surface area contributed by atoms with E-state index in [1.165, 1.54) is 18.5 Å². The number of carbonyl (C=O) groups is 3. The zero-order chi connectivity index (χ0) is 21.0. The molecule has 8 nitrogen and oxygen atoms in total. The molecule has 0 aliphatic carbocycles. The van der Waals surface area contributed by atoms with E-state index in [1.54, 1.807) is 12.0 Å². The van der Waals surface area contributed by atoms with Crippen LogP contribution in [0, 0.1) is 5.92 Å². The van der Waals surface area contributed by atoms with Crippen molar-refractivity contribution in [2.24, 2.45) is 11.7 Å². The molecule has 2 atom stereocenters. The van der Waals surface area contributed by atoms with Crippen molar-refractivity contribution in [2.45, 2.75) is 25.8 Å². The summed E-state index contributed by atoms with van der Waals surface area (Å²) in [6, 6.07) is 8.71. The van der Waals surface area contributed by atoms with Crippen LogP contribution >= 0.6 is 0 Å². The zero-order valence-electron chi connectivity index (χ0n) is 16.4. The molecule has 2 aromatic rings. The molecule has 8 heteroatoms. The minimum Gasteiger partial charge on any atom is -0.497 e. The summed E-state index contributed by atoms with van der Waals surface area (Å²) in [6.45, 7) is 2.54. The summed E-state index contributed by atoms with van der Waals surface area (Å²) in [5, 5.41) is 2.52. The van der Waals surface area contributed by atoms with Crippen LogP contribution < -0.4 is 15.8 Å². The molecule has 0 bridgehead atoms. The minimum absolute atomic E-state index is 0.149. The van der Waals surface area contributed by atoms with Gasteiger partial charge in [0, 0.05) is 12.7 Å². The third kappa shape index (κ3) is 4.71. The number of carbonyl (C=O) groups excluding carboxylic acids is 3. The van der Waals surface area contributed by atoms with Crippen molar-refractivity contribution in [3.63, 3.8) is 0 Å². The summed E-state index contributed by atoms with van der Waals surface area (Å²) in [6.07, 6.45) is 4.37. The van der Waals surface area contributed by atoms with Crippen LogP contribution in [0.4, 0.5) is 5.69 Å². The van der Waals surface area contributed by atoms with Crippen LogP contribution in [-0.4, -0.2) is 41.3 Å². The van der Waals surface area contributed by atoms with E-state index in [1.807, 2.05) is 24.3 Å². The van der Waals surface area contributed by atoms with Gasteiger partial charge in [-0.1, -0.05) is 19.1 Å². The Kier molecular flexibility index (Phi) is 6.11. The average molecular weight is 396 g/mol.